The quantitative estimate of drug-likeness (QED) is 0.726. The highest BCUT2D eigenvalue weighted by molar-refractivity contribution is 7.98. The molecule has 2 heterocycles. The van der Waals surface area contributed by atoms with Gasteiger partial charge in [-0.05, 0) is 67.7 Å². The van der Waals surface area contributed by atoms with Crippen LogP contribution in [0.15, 0.2) is 47.1 Å². The van der Waals surface area contributed by atoms with Crippen LogP contribution in [0.3, 0.4) is 0 Å². The summed E-state index contributed by atoms with van der Waals surface area (Å²) in [7, 11) is 0. The Kier molecular flexibility index (Phi) is 6.81. The highest BCUT2D eigenvalue weighted by Gasteiger charge is 2.22. The Labute approximate surface area is 163 Å². The molecule has 3 rings (SSSR count). The van der Waals surface area contributed by atoms with Gasteiger partial charge in [-0.3, -0.25) is 9.59 Å². The predicted octanol–water partition coefficient (Wildman–Crippen LogP) is 3.37. The summed E-state index contributed by atoms with van der Waals surface area (Å²) in [6.07, 6.45) is 6.41. The lowest BCUT2D eigenvalue weighted by atomic mass is 10.2. The molecule has 0 radical (unpaired) electrons. The second kappa shape index (κ2) is 9.50. The van der Waals surface area contributed by atoms with Gasteiger partial charge in [-0.15, -0.1) is 0 Å². The van der Waals surface area contributed by atoms with Crippen molar-refractivity contribution in [3.8, 4) is 0 Å². The molecule has 144 valence electrons. The SMILES string of the molecule is CSCC[C@H](NC(=O)c1ccco1)C(=O)Nc1ccc(N2CCCC2)cc1. The van der Waals surface area contributed by atoms with Crippen LogP contribution in [0.1, 0.15) is 29.8 Å². The number of benzene rings is 1. The second-order valence-corrected chi connectivity index (χ2v) is 7.50. The van der Waals surface area contributed by atoms with Crippen molar-refractivity contribution in [2.45, 2.75) is 25.3 Å². The highest BCUT2D eigenvalue weighted by Crippen LogP contribution is 2.22. The van der Waals surface area contributed by atoms with Crippen molar-refractivity contribution in [1.29, 1.82) is 0 Å². The number of carbonyl (C=O) groups is 2. The average molecular weight is 388 g/mol. The molecule has 27 heavy (non-hydrogen) atoms. The van der Waals surface area contributed by atoms with E-state index in [9.17, 15) is 9.59 Å². The number of thioether (sulfide) groups is 1. The van der Waals surface area contributed by atoms with Gasteiger partial charge in [0.05, 0.1) is 6.26 Å². The van der Waals surface area contributed by atoms with E-state index in [1.54, 1.807) is 23.9 Å². The van der Waals surface area contributed by atoms with Gasteiger partial charge in [0.25, 0.3) is 5.91 Å². The monoisotopic (exact) mass is 387 g/mol. The number of hydrogen-bond donors (Lipinski definition) is 2. The Morgan fingerprint density at radius 2 is 1.93 bits per heavy atom. The van der Waals surface area contributed by atoms with Crippen LogP contribution in [0.25, 0.3) is 0 Å². The lowest BCUT2D eigenvalue weighted by Crippen LogP contribution is -2.44. The van der Waals surface area contributed by atoms with E-state index in [2.05, 4.69) is 15.5 Å². The summed E-state index contributed by atoms with van der Waals surface area (Å²) in [5.74, 6) is 0.361. The molecule has 1 saturated heterocycles. The molecule has 1 atom stereocenters. The van der Waals surface area contributed by atoms with Crippen molar-refractivity contribution in [3.05, 3.63) is 48.4 Å². The topological polar surface area (TPSA) is 74.6 Å². The second-order valence-electron chi connectivity index (χ2n) is 6.52. The van der Waals surface area contributed by atoms with Crippen LogP contribution in [0.5, 0.6) is 0 Å². The van der Waals surface area contributed by atoms with Gasteiger partial charge in [-0.1, -0.05) is 0 Å². The Balaban J connectivity index is 1.61. The molecule has 0 spiro atoms. The Morgan fingerprint density at radius 3 is 2.56 bits per heavy atom. The summed E-state index contributed by atoms with van der Waals surface area (Å²) in [5.41, 5.74) is 1.90. The molecular weight excluding hydrogens is 362 g/mol. The van der Waals surface area contributed by atoms with E-state index in [1.807, 2.05) is 30.5 Å². The minimum atomic E-state index is -0.617. The predicted molar refractivity (Wildman–Crippen MR) is 109 cm³/mol. The fraction of sp³-hybridized carbons (Fsp3) is 0.400. The molecular formula is C20H25N3O3S. The van der Waals surface area contributed by atoms with E-state index in [0.29, 0.717) is 6.42 Å². The fourth-order valence-corrected chi connectivity index (χ4v) is 3.57. The van der Waals surface area contributed by atoms with Gasteiger partial charge in [0, 0.05) is 24.5 Å². The zero-order valence-electron chi connectivity index (χ0n) is 15.4. The van der Waals surface area contributed by atoms with Crippen molar-refractivity contribution < 1.29 is 14.0 Å². The lowest BCUT2D eigenvalue weighted by Gasteiger charge is -2.19. The van der Waals surface area contributed by atoms with Crippen molar-refractivity contribution in [3.63, 3.8) is 0 Å². The van der Waals surface area contributed by atoms with Crippen molar-refractivity contribution in [1.82, 2.24) is 5.32 Å². The van der Waals surface area contributed by atoms with E-state index >= 15 is 0 Å². The molecule has 2 amide bonds. The molecule has 1 fully saturated rings. The first-order valence-electron chi connectivity index (χ1n) is 9.16. The number of carbonyl (C=O) groups excluding carboxylic acids is 2. The molecule has 1 aliphatic heterocycles. The minimum absolute atomic E-state index is 0.201. The molecule has 7 heteroatoms. The Morgan fingerprint density at radius 1 is 1.19 bits per heavy atom. The maximum absolute atomic E-state index is 12.7. The van der Waals surface area contributed by atoms with Gasteiger partial charge in [0.1, 0.15) is 6.04 Å². The molecule has 0 unspecified atom stereocenters. The molecule has 1 aromatic carbocycles. The number of nitrogens with one attached hydrogen (secondary N) is 2. The molecule has 1 aromatic heterocycles. The molecule has 0 aliphatic carbocycles. The number of hydrogen-bond acceptors (Lipinski definition) is 5. The zero-order valence-corrected chi connectivity index (χ0v) is 16.3. The lowest BCUT2D eigenvalue weighted by molar-refractivity contribution is -0.118. The van der Waals surface area contributed by atoms with Gasteiger partial charge in [0.2, 0.25) is 5.91 Å². The molecule has 0 bridgehead atoms. The van der Waals surface area contributed by atoms with Gasteiger partial charge in [-0.25, -0.2) is 0 Å². The maximum Gasteiger partial charge on any atom is 0.287 e. The first-order chi connectivity index (χ1) is 13.2. The minimum Gasteiger partial charge on any atom is -0.459 e. The van der Waals surface area contributed by atoms with E-state index in [1.165, 1.54) is 24.8 Å². The summed E-state index contributed by atoms with van der Waals surface area (Å²) in [6, 6.07) is 10.5. The molecule has 1 aliphatic rings. The number of rotatable bonds is 8. The smallest absolute Gasteiger partial charge is 0.287 e. The Bertz CT molecular complexity index is 740. The largest absolute Gasteiger partial charge is 0.459 e. The Hall–Kier alpha value is -2.41. The third-order valence-electron chi connectivity index (χ3n) is 4.58. The average Bonchev–Trinajstić information content (AvgIpc) is 3.39. The standard InChI is InChI=1S/C20H25N3O3S/c1-27-14-10-17(22-20(25)18-5-4-13-26-18)19(24)21-15-6-8-16(9-7-15)23-11-2-3-12-23/h4-9,13,17H,2-3,10-12,14H2,1H3,(H,21,24)(H,22,25)/t17-/m0/s1. The zero-order chi connectivity index (χ0) is 19.1. The van der Waals surface area contributed by atoms with Crippen molar-refractivity contribution in [2.75, 3.05) is 35.3 Å². The number of furan rings is 1. The number of nitrogens with zero attached hydrogens (tertiary/aromatic N) is 1. The summed E-state index contributed by atoms with van der Waals surface area (Å²) < 4.78 is 5.11. The first-order valence-corrected chi connectivity index (χ1v) is 10.6. The molecule has 6 nitrogen and oxygen atoms in total. The normalized spacial score (nSPS) is 14.8. The van der Waals surface area contributed by atoms with Crippen LogP contribution in [-0.4, -0.2) is 43.0 Å². The highest BCUT2D eigenvalue weighted by atomic mass is 32.2. The van der Waals surface area contributed by atoms with E-state index in [0.717, 1.165) is 24.5 Å². The van der Waals surface area contributed by atoms with Gasteiger partial charge >= 0.3 is 0 Å². The molecule has 0 saturated carbocycles. The van der Waals surface area contributed by atoms with E-state index < -0.39 is 6.04 Å². The number of amides is 2. The van der Waals surface area contributed by atoms with Crippen LogP contribution in [-0.2, 0) is 4.79 Å². The third-order valence-corrected chi connectivity index (χ3v) is 5.23. The molecule has 2 N–H and O–H groups in total. The first kappa shape index (κ1) is 19.4. The van der Waals surface area contributed by atoms with Crippen LogP contribution >= 0.6 is 11.8 Å². The summed E-state index contributed by atoms with van der Waals surface area (Å²) in [5, 5.41) is 5.67. The maximum atomic E-state index is 12.7. The van der Waals surface area contributed by atoms with Crippen LogP contribution in [0.2, 0.25) is 0 Å². The summed E-state index contributed by atoms with van der Waals surface area (Å²) >= 11 is 1.63. The van der Waals surface area contributed by atoms with Gasteiger partial charge in [0.15, 0.2) is 5.76 Å². The third kappa shape index (κ3) is 5.29. The van der Waals surface area contributed by atoms with Crippen LogP contribution < -0.4 is 15.5 Å². The summed E-state index contributed by atoms with van der Waals surface area (Å²) in [4.78, 5) is 27.3. The van der Waals surface area contributed by atoms with Gasteiger partial charge < -0.3 is 20.0 Å². The number of anilines is 2. The van der Waals surface area contributed by atoms with Crippen LogP contribution in [0.4, 0.5) is 11.4 Å². The van der Waals surface area contributed by atoms with Crippen LogP contribution in [0, 0.1) is 0 Å². The van der Waals surface area contributed by atoms with Crippen molar-refractivity contribution >= 4 is 35.0 Å². The van der Waals surface area contributed by atoms with E-state index in [-0.39, 0.29) is 17.6 Å². The van der Waals surface area contributed by atoms with Gasteiger partial charge in [-0.2, -0.15) is 11.8 Å². The fourth-order valence-electron chi connectivity index (χ4n) is 3.10. The molecule has 2 aromatic rings. The van der Waals surface area contributed by atoms with E-state index in [4.69, 9.17) is 4.42 Å². The van der Waals surface area contributed by atoms with Crippen molar-refractivity contribution in [2.24, 2.45) is 0 Å². The summed E-state index contributed by atoms with van der Waals surface area (Å²) in [6.45, 7) is 2.17.